The van der Waals surface area contributed by atoms with Gasteiger partial charge in [0.15, 0.2) is 0 Å². The van der Waals surface area contributed by atoms with E-state index in [2.05, 4.69) is 26.1 Å². The second-order valence-corrected chi connectivity index (χ2v) is 6.34. The first kappa shape index (κ1) is 12.0. The number of anilines is 1. The number of benzene rings is 1. The summed E-state index contributed by atoms with van der Waals surface area (Å²) in [7, 11) is 2.47. The first-order valence-corrected chi connectivity index (χ1v) is 7.34. The Hall–Kier alpha value is -1.02. The molecular weight excluding hydrogens is 220 g/mol. The highest BCUT2D eigenvalue weighted by molar-refractivity contribution is 5.47. The van der Waals surface area contributed by atoms with Crippen LogP contribution in [0.15, 0.2) is 24.3 Å². The van der Waals surface area contributed by atoms with E-state index in [4.69, 9.17) is 5.73 Å². The van der Waals surface area contributed by atoms with Crippen molar-refractivity contribution in [3.8, 4) is 0 Å². The number of piperidine rings is 1. The average Bonchev–Trinajstić information content (AvgIpc) is 2.58. The maximum Gasteiger partial charge on any atom is 0.114 e. The lowest BCUT2D eigenvalue weighted by Gasteiger charge is -2.49. The van der Waals surface area contributed by atoms with Gasteiger partial charge in [-0.15, -0.1) is 0 Å². The molecule has 0 radical (unpaired) electrons. The van der Waals surface area contributed by atoms with Crippen LogP contribution in [0.1, 0.15) is 50.6 Å². The standard InChI is InChI=1S/C16H25N2/c1-12(15-8-3-4-9-16(15)17)18(2)13-6-5-7-14(18)11-10-13/h3-4,8-9,12-14H,5-7,10-11,17H2,1-2H3/q+1. The predicted octanol–water partition coefficient (Wildman–Crippen LogP) is 3.49. The fraction of sp³-hybridized carbons (Fsp3) is 0.625. The normalized spacial score (nSPS) is 36.6. The van der Waals surface area contributed by atoms with Gasteiger partial charge < -0.3 is 10.2 Å². The molecule has 0 spiro atoms. The van der Waals surface area contributed by atoms with Crippen LogP contribution in [0, 0.1) is 0 Å². The third kappa shape index (κ3) is 1.58. The molecule has 2 fully saturated rings. The second kappa shape index (κ2) is 4.27. The minimum absolute atomic E-state index is 0.531. The summed E-state index contributed by atoms with van der Waals surface area (Å²) in [5, 5.41) is 0. The maximum atomic E-state index is 6.19. The van der Waals surface area contributed by atoms with E-state index in [1.807, 2.05) is 12.1 Å². The van der Waals surface area contributed by atoms with Crippen LogP contribution < -0.4 is 5.73 Å². The van der Waals surface area contributed by atoms with Gasteiger partial charge in [0.25, 0.3) is 0 Å². The van der Waals surface area contributed by atoms with Gasteiger partial charge in [0.1, 0.15) is 6.04 Å². The lowest BCUT2D eigenvalue weighted by Crippen LogP contribution is -2.57. The fourth-order valence-electron chi connectivity index (χ4n) is 4.50. The van der Waals surface area contributed by atoms with Crippen LogP contribution in [0.2, 0.25) is 0 Å². The molecule has 2 aliphatic rings. The number of quaternary nitrogens is 1. The van der Waals surface area contributed by atoms with Crippen molar-refractivity contribution < 1.29 is 4.48 Å². The maximum absolute atomic E-state index is 6.19. The zero-order chi connectivity index (χ0) is 12.8. The molecule has 2 aliphatic heterocycles. The van der Waals surface area contributed by atoms with Gasteiger partial charge in [-0.2, -0.15) is 0 Å². The average molecular weight is 245 g/mol. The van der Waals surface area contributed by atoms with E-state index in [-0.39, 0.29) is 0 Å². The van der Waals surface area contributed by atoms with Crippen LogP contribution in [0.25, 0.3) is 0 Å². The van der Waals surface area contributed by atoms with Crippen molar-refractivity contribution >= 4 is 5.69 Å². The summed E-state index contributed by atoms with van der Waals surface area (Å²) in [6.45, 7) is 2.38. The van der Waals surface area contributed by atoms with Crippen LogP contribution in [-0.4, -0.2) is 23.6 Å². The quantitative estimate of drug-likeness (QED) is 0.626. The highest BCUT2D eigenvalue weighted by Gasteiger charge is 2.51. The van der Waals surface area contributed by atoms with Crippen LogP contribution in [0.5, 0.6) is 0 Å². The van der Waals surface area contributed by atoms with Crippen LogP contribution in [0.3, 0.4) is 0 Å². The number of hydrogen-bond donors (Lipinski definition) is 1. The second-order valence-electron chi connectivity index (χ2n) is 6.34. The number of hydrogen-bond acceptors (Lipinski definition) is 1. The number of fused-ring (bicyclic) bond motifs is 2. The monoisotopic (exact) mass is 245 g/mol. The molecule has 2 saturated heterocycles. The molecule has 1 aromatic rings. The largest absolute Gasteiger partial charge is 0.398 e. The molecule has 3 rings (SSSR count). The van der Waals surface area contributed by atoms with Gasteiger partial charge in [0.2, 0.25) is 0 Å². The number of rotatable bonds is 2. The van der Waals surface area contributed by atoms with Crippen LogP contribution >= 0.6 is 0 Å². The van der Waals surface area contributed by atoms with Crippen molar-refractivity contribution in [1.82, 2.24) is 0 Å². The topological polar surface area (TPSA) is 26.0 Å². The van der Waals surface area contributed by atoms with Crippen LogP contribution in [-0.2, 0) is 0 Å². The van der Waals surface area contributed by atoms with Gasteiger partial charge >= 0.3 is 0 Å². The van der Waals surface area contributed by atoms with Gasteiger partial charge in [-0.3, -0.25) is 0 Å². The van der Waals surface area contributed by atoms with E-state index < -0.39 is 0 Å². The van der Waals surface area contributed by atoms with E-state index in [1.54, 1.807) is 0 Å². The van der Waals surface area contributed by atoms with E-state index >= 15 is 0 Å². The van der Waals surface area contributed by atoms with Crippen molar-refractivity contribution in [1.29, 1.82) is 0 Å². The lowest BCUT2D eigenvalue weighted by atomic mass is 9.93. The Morgan fingerprint density at radius 1 is 1.11 bits per heavy atom. The van der Waals surface area contributed by atoms with Gasteiger partial charge in [0, 0.05) is 24.1 Å². The Kier molecular flexibility index (Phi) is 2.86. The minimum Gasteiger partial charge on any atom is -0.398 e. The predicted molar refractivity (Wildman–Crippen MR) is 76.1 cm³/mol. The molecular formula is C16H25N2+. The summed E-state index contributed by atoms with van der Waals surface area (Å²) >= 11 is 0. The summed E-state index contributed by atoms with van der Waals surface area (Å²) in [5.41, 5.74) is 8.50. The molecule has 0 aromatic heterocycles. The highest BCUT2D eigenvalue weighted by atomic mass is 15.4. The molecule has 2 nitrogen and oxygen atoms in total. The first-order valence-electron chi connectivity index (χ1n) is 7.34. The van der Waals surface area contributed by atoms with Gasteiger partial charge in [-0.05, 0) is 32.3 Å². The molecule has 2 heterocycles. The number of nitrogen functional groups attached to an aromatic ring is 1. The van der Waals surface area contributed by atoms with Gasteiger partial charge in [-0.1, -0.05) is 18.2 Å². The first-order chi connectivity index (χ1) is 8.64. The smallest absolute Gasteiger partial charge is 0.114 e. The molecule has 3 atom stereocenters. The summed E-state index contributed by atoms with van der Waals surface area (Å²) in [5.74, 6) is 0. The van der Waals surface area contributed by atoms with Crippen molar-refractivity contribution in [3.05, 3.63) is 29.8 Å². The van der Waals surface area contributed by atoms with E-state index in [9.17, 15) is 0 Å². The third-order valence-electron chi connectivity index (χ3n) is 5.76. The fourth-order valence-corrected chi connectivity index (χ4v) is 4.50. The SMILES string of the molecule is CC(c1ccccc1N)[N+]1(C)C2CCCC1CC2. The lowest BCUT2D eigenvalue weighted by molar-refractivity contribution is -0.974. The number of nitrogens with zero attached hydrogens (tertiary/aromatic N) is 1. The summed E-state index contributed by atoms with van der Waals surface area (Å²) in [6.07, 6.45) is 7.07. The van der Waals surface area contributed by atoms with Crippen molar-refractivity contribution in [2.45, 2.75) is 57.2 Å². The van der Waals surface area contributed by atoms with Crippen molar-refractivity contribution in [2.24, 2.45) is 0 Å². The van der Waals surface area contributed by atoms with Crippen molar-refractivity contribution in [2.75, 3.05) is 12.8 Å². The highest BCUT2D eigenvalue weighted by Crippen LogP contribution is 2.48. The van der Waals surface area contributed by atoms with Gasteiger partial charge in [-0.25, -0.2) is 0 Å². The molecule has 18 heavy (non-hydrogen) atoms. The molecule has 3 unspecified atom stereocenters. The zero-order valence-electron chi connectivity index (χ0n) is 11.6. The zero-order valence-corrected chi connectivity index (χ0v) is 11.6. The summed E-state index contributed by atoms with van der Waals surface area (Å²) in [4.78, 5) is 0. The molecule has 2 N–H and O–H groups in total. The number of para-hydroxylation sites is 1. The Morgan fingerprint density at radius 3 is 2.33 bits per heavy atom. The molecule has 0 aliphatic carbocycles. The molecule has 0 saturated carbocycles. The molecule has 2 heteroatoms. The molecule has 1 aromatic carbocycles. The van der Waals surface area contributed by atoms with E-state index in [1.165, 1.54) is 42.2 Å². The van der Waals surface area contributed by atoms with E-state index in [0.717, 1.165) is 17.8 Å². The number of nitrogens with two attached hydrogens (primary N) is 1. The summed E-state index contributed by atoms with van der Waals surface area (Å²) in [6, 6.07) is 10.7. The molecule has 2 bridgehead atoms. The van der Waals surface area contributed by atoms with Gasteiger partial charge in [0.05, 0.1) is 19.1 Å². The minimum atomic E-state index is 0.531. The summed E-state index contributed by atoms with van der Waals surface area (Å²) < 4.78 is 1.23. The molecule has 0 amide bonds. The van der Waals surface area contributed by atoms with E-state index in [0.29, 0.717) is 6.04 Å². The Balaban J connectivity index is 1.97. The van der Waals surface area contributed by atoms with Crippen LogP contribution in [0.4, 0.5) is 5.69 Å². The Morgan fingerprint density at radius 2 is 1.72 bits per heavy atom. The Bertz CT molecular complexity index is 424. The Labute approximate surface area is 110 Å². The molecule has 98 valence electrons. The third-order valence-corrected chi connectivity index (χ3v) is 5.76. The van der Waals surface area contributed by atoms with Crippen molar-refractivity contribution in [3.63, 3.8) is 0 Å².